The van der Waals surface area contributed by atoms with Gasteiger partial charge in [-0.25, -0.2) is 0 Å². The molecule has 0 fully saturated rings. The molecule has 0 bridgehead atoms. The Morgan fingerprint density at radius 2 is 1.52 bits per heavy atom. The second-order valence-electron chi connectivity index (χ2n) is 6.85. The lowest BCUT2D eigenvalue weighted by Crippen LogP contribution is -2.12. The normalized spacial score (nSPS) is 11.2. The van der Waals surface area contributed by atoms with Gasteiger partial charge in [0.05, 0.1) is 0 Å². The summed E-state index contributed by atoms with van der Waals surface area (Å²) in [6, 6.07) is 16.9. The van der Waals surface area contributed by atoms with Crippen LogP contribution in [0.2, 0.25) is 0 Å². The molecule has 1 heterocycles. The SMILES string of the molecule is C=C(CCC(=C)c1c[nH]c2ccccc12)c1ccccc1CN(C)C. The molecule has 2 aromatic carbocycles. The van der Waals surface area contributed by atoms with Gasteiger partial charge in [0.15, 0.2) is 0 Å². The Labute approximate surface area is 150 Å². The van der Waals surface area contributed by atoms with Gasteiger partial charge in [0.1, 0.15) is 0 Å². The number of nitrogens with one attached hydrogen (secondary N) is 1. The van der Waals surface area contributed by atoms with Crippen molar-refractivity contribution in [2.75, 3.05) is 14.1 Å². The zero-order chi connectivity index (χ0) is 17.8. The summed E-state index contributed by atoms with van der Waals surface area (Å²) in [7, 11) is 4.19. The van der Waals surface area contributed by atoms with Crippen LogP contribution in [0, 0.1) is 0 Å². The highest BCUT2D eigenvalue weighted by molar-refractivity contribution is 5.92. The van der Waals surface area contributed by atoms with Crippen LogP contribution in [0.25, 0.3) is 22.0 Å². The summed E-state index contributed by atoms with van der Waals surface area (Å²) < 4.78 is 0. The van der Waals surface area contributed by atoms with Crippen LogP contribution in [0.4, 0.5) is 0 Å². The molecular weight excluding hydrogens is 304 g/mol. The third kappa shape index (κ3) is 3.92. The monoisotopic (exact) mass is 330 g/mol. The predicted octanol–water partition coefficient (Wildman–Crippen LogP) is 5.74. The fourth-order valence-electron chi connectivity index (χ4n) is 3.28. The van der Waals surface area contributed by atoms with Gasteiger partial charge in [-0.2, -0.15) is 0 Å². The van der Waals surface area contributed by atoms with Crippen molar-refractivity contribution < 1.29 is 0 Å². The number of rotatable bonds is 7. The third-order valence-electron chi connectivity index (χ3n) is 4.58. The third-order valence-corrected chi connectivity index (χ3v) is 4.58. The van der Waals surface area contributed by atoms with Crippen LogP contribution in [-0.2, 0) is 6.54 Å². The Bertz CT molecular complexity index is 899. The Hall–Kier alpha value is -2.58. The smallest absolute Gasteiger partial charge is 0.0460 e. The zero-order valence-electron chi connectivity index (χ0n) is 15.2. The van der Waals surface area contributed by atoms with Gasteiger partial charge in [-0.05, 0) is 55.3 Å². The number of para-hydroxylation sites is 1. The number of hydrogen-bond donors (Lipinski definition) is 1. The van der Waals surface area contributed by atoms with E-state index in [0.717, 1.165) is 30.5 Å². The van der Waals surface area contributed by atoms with E-state index in [1.165, 1.54) is 27.6 Å². The molecule has 2 nitrogen and oxygen atoms in total. The first kappa shape index (κ1) is 17.2. The van der Waals surface area contributed by atoms with Gasteiger partial charge in [-0.3, -0.25) is 0 Å². The largest absolute Gasteiger partial charge is 0.361 e. The minimum absolute atomic E-state index is 0.914. The molecule has 0 spiro atoms. The van der Waals surface area contributed by atoms with Crippen molar-refractivity contribution >= 4 is 22.0 Å². The fourth-order valence-corrected chi connectivity index (χ4v) is 3.28. The Balaban J connectivity index is 1.71. The van der Waals surface area contributed by atoms with Crippen LogP contribution in [-0.4, -0.2) is 24.0 Å². The van der Waals surface area contributed by atoms with Crippen molar-refractivity contribution in [3.63, 3.8) is 0 Å². The molecule has 0 aliphatic carbocycles. The van der Waals surface area contributed by atoms with Crippen molar-refractivity contribution in [2.24, 2.45) is 0 Å². The number of nitrogens with zero attached hydrogens (tertiary/aromatic N) is 1. The summed E-state index contributed by atoms with van der Waals surface area (Å²) in [5.41, 5.74) is 7.30. The molecular formula is C23H26N2. The lowest BCUT2D eigenvalue weighted by atomic mass is 9.94. The van der Waals surface area contributed by atoms with Crippen molar-refractivity contribution in [3.05, 3.63) is 84.6 Å². The zero-order valence-corrected chi connectivity index (χ0v) is 15.2. The molecule has 1 N–H and O–H groups in total. The van der Waals surface area contributed by atoms with Gasteiger partial charge >= 0.3 is 0 Å². The quantitative estimate of drug-likeness (QED) is 0.585. The van der Waals surface area contributed by atoms with Crippen molar-refractivity contribution in [2.45, 2.75) is 19.4 Å². The maximum absolute atomic E-state index is 4.34. The summed E-state index contributed by atoms with van der Waals surface area (Å²) in [5, 5.41) is 1.24. The molecule has 0 radical (unpaired) electrons. The number of fused-ring (bicyclic) bond motifs is 1. The average Bonchev–Trinajstić information content (AvgIpc) is 3.03. The van der Waals surface area contributed by atoms with Crippen molar-refractivity contribution in [3.8, 4) is 0 Å². The molecule has 128 valence electrons. The molecule has 0 atom stereocenters. The molecule has 3 rings (SSSR count). The molecule has 0 unspecified atom stereocenters. The van der Waals surface area contributed by atoms with Crippen LogP contribution in [0.1, 0.15) is 29.5 Å². The average molecular weight is 330 g/mol. The van der Waals surface area contributed by atoms with Gasteiger partial charge in [0, 0.05) is 29.2 Å². The van der Waals surface area contributed by atoms with E-state index < -0.39 is 0 Å². The molecule has 0 saturated carbocycles. The Morgan fingerprint density at radius 3 is 2.28 bits per heavy atom. The lowest BCUT2D eigenvalue weighted by Gasteiger charge is -2.16. The second-order valence-corrected chi connectivity index (χ2v) is 6.85. The highest BCUT2D eigenvalue weighted by Crippen LogP contribution is 2.30. The van der Waals surface area contributed by atoms with Gasteiger partial charge < -0.3 is 9.88 Å². The van der Waals surface area contributed by atoms with E-state index in [1.54, 1.807) is 0 Å². The van der Waals surface area contributed by atoms with E-state index in [4.69, 9.17) is 0 Å². The molecule has 0 saturated heterocycles. The molecule has 25 heavy (non-hydrogen) atoms. The van der Waals surface area contributed by atoms with E-state index in [9.17, 15) is 0 Å². The lowest BCUT2D eigenvalue weighted by molar-refractivity contribution is 0.402. The number of benzene rings is 2. The molecule has 2 heteroatoms. The highest BCUT2D eigenvalue weighted by Gasteiger charge is 2.10. The van der Waals surface area contributed by atoms with Gasteiger partial charge in [-0.1, -0.05) is 55.6 Å². The summed E-state index contributed by atoms with van der Waals surface area (Å²) in [6.07, 6.45) is 3.90. The van der Waals surface area contributed by atoms with E-state index in [0.29, 0.717) is 0 Å². The number of H-pyrrole nitrogens is 1. The standard InChI is InChI=1S/C23H26N2/c1-17(20-10-6-5-9-19(20)16-25(3)4)13-14-18(2)22-15-24-23-12-8-7-11-21(22)23/h5-12,15,24H,1-2,13-14,16H2,3-4H3. The number of allylic oxidation sites excluding steroid dienone is 2. The molecule has 1 aromatic heterocycles. The van der Waals surface area contributed by atoms with Crippen LogP contribution >= 0.6 is 0 Å². The second kappa shape index (κ2) is 7.54. The predicted molar refractivity (Wildman–Crippen MR) is 109 cm³/mol. The van der Waals surface area contributed by atoms with Crippen LogP contribution in [0.3, 0.4) is 0 Å². The summed E-state index contributed by atoms with van der Waals surface area (Å²) >= 11 is 0. The first-order valence-electron chi connectivity index (χ1n) is 8.71. The van der Waals surface area contributed by atoms with E-state index in [-0.39, 0.29) is 0 Å². The molecule has 0 amide bonds. The van der Waals surface area contributed by atoms with E-state index >= 15 is 0 Å². The maximum Gasteiger partial charge on any atom is 0.0460 e. The number of aromatic nitrogens is 1. The van der Waals surface area contributed by atoms with Gasteiger partial charge in [-0.15, -0.1) is 0 Å². The minimum Gasteiger partial charge on any atom is -0.361 e. The molecule has 0 aliphatic rings. The first-order valence-corrected chi connectivity index (χ1v) is 8.71. The maximum atomic E-state index is 4.34. The van der Waals surface area contributed by atoms with Crippen LogP contribution in [0.15, 0.2) is 67.9 Å². The van der Waals surface area contributed by atoms with Crippen LogP contribution < -0.4 is 0 Å². The summed E-state index contributed by atoms with van der Waals surface area (Å²) in [5.74, 6) is 0. The van der Waals surface area contributed by atoms with Crippen LogP contribution in [0.5, 0.6) is 0 Å². The summed E-state index contributed by atoms with van der Waals surface area (Å²) in [6.45, 7) is 9.58. The number of aromatic amines is 1. The van der Waals surface area contributed by atoms with Crippen molar-refractivity contribution in [1.29, 1.82) is 0 Å². The Morgan fingerprint density at radius 1 is 0.880 bits per heavy atom. The highest BCUT2D eigenvalue weighted by atomic mass is 15.0. The summed E-state index contributed by atoms with van der Waals surface area (Å²) in [4.78, 5) is 5.52. The van der Waals surface area contributed by atoms with E-state index in [2.05, 4.69) is 91.9 Å². The number of hydrogen-bond acceptors (Lipinski definition) is 1. The molecule has 0 aliphatic heterocycles. The van der Waals surface area contributed by atoms with Crippen molar-refractivity contribution in [1.82, 2.24) is 9.88 Å². The van der Waals surface area contributed by atoms with Gasteiger partial charge in [0.25, 0.3) is 0 Å². The van der Waals surface area contributed by atoms with Gasteiger partial charge in [0.2, 0.25) is 0 Å². The topological polar surface area (TPSA) is 19.0 Å². The first-order chi connectivity index (χ1) is 12.1. The minimum atomic E-state index is 0.914. The Kier molecular flexibility index (Phi) is 5.20. The van der Waals surface area contributed by atoms with E-state index in [1.807, 2.05) is 0 Å². The molecule has 3 aromatic rings. The fraction of sp³-hybridized carbons (Fsp3) is 0.217.